The van der Waals surface area contributed by atoms with Crippen molar-refractivity contribution in [1.29, 1.82) is 0 Å². The maximum absolute atomic E-state index is 12.9. The molecule has 1 saturated heterocycles. The van der Waals surface area contributed by atoms with E-state index in [2.05, 4.69) is 39.6 Å². The lowest BCUT2D eigenvalue weighted by atomic mass is 10.0. The molecule has 0 radical (unpaired) electrons. The normalized spacial score (nSPS) is 20.6. The number of rotatable bonds is 6. The second-order valence-corrected chi connectivity index (χ2v) is 6.58. The van der Waals surface area contributed by atoms with Gasteiger partial charge in [0.25, 0.3) is 0 Å². The van der Waals surface area contributed by atoms with Gasteiger partial charge in [-0.1, -0.05) is 6.92 Å². The standard InChI is InChI=1S/C17H22N4OS/c1-2-8-21(11-13-5-9-23-12-13)17(22)16-10-15(19-20-16)14-3-6-18-7-4-14/h3-7,9,12,15-16,19-20H,2,8,10-11H2,1H3. The minimum atomic E-state index is -0.182. The summed E-state index contributed by atoms with van der Waals surface area (Å²) in [6.45, 7) is 3.58. The first-order valence-electron chi connectivity index (χ1n) is 7.98. The number of hydrogen-bond donors (Lipinski definition) is 2. The van der Waals surface area contributed by atoms with Gasteiger partial charge in [-0.3, -0.25) is 9.78 Å². The van der Waals surface area contributed by atoms with E-state index in [4.69, 9.17) is 0 Å². The van der Waals surface area contributed by atoms with Crippen LogP contribution in [0.25, 0.3) is 0 Å². The van der Waals surface area contributed by atoms with Crippen LogP contribution in [0.3, 0.4) is 0 Å². The molecule has 2 aromatic heterocycles. The van der Waals surface area contributed by atoms with Crippen molar-refractivity contribution in [3.8, 4) is 0 Å². The monoisotopic (exact) mass is 330 g/mol. The molecule has 5 nitrogen and oxygen atoms in total. The molecule has 1 amide bonds. The molecule has 2 N–H and O–H groups in total. The fraction of sp³-hybridized carbons (Fsp3) is 0.412. The van der Waals surface area contributed by atoms with E-state index in [0.29, 0.717) is 6.54 Å². The minimum Gasteiger partial charge on any atom is -0.337 e. The van der Waals surface area contributed by atoms with Gasteiger partial charge in [-0.05, 0) is 52.9 Å². The largest absolute Gasteiger partial charge is 0.337 e. The van der Waals surface area contributed by atoms with Gasteiger partial charge < -0.3 is 4.90 Å². The van der Waals surface area contributed by atoms with E-state index in [1.165, 1.54) is 5.56 Å². The molecule has 23 heavy (non-hydrogen) atoms. The molecular formula is C17H22N4OS. The van der Waals surface area contributed by atoms with Crippen LogP contribution in [-0.2, 0) is 11.3 Å². The molecule has 3 rings (SSSR count). The summed E-state index contributed by atoms with van der Waals surface area (Å²) >= 11 is 1.67. The van der Waals surface area contributed by atoms with Crippen molar-refractivity contribution in [3.05, 3.63) is 52.5 Å². The van der Waals surface area contributed by atoms with E-state index in [-0.39, 0.29) is 18.0 Å². The molecule has 6 heteroatoms. The van der Waals surface area contributed by atoms with Gasteiger partial charge in [-0.2, -0.15) is 11.3 Å². The van der Waals surface area contributed by atoms with Gasteiger partial charge >= 0.3 is 0 Å². The average molecular weight is 330 g/mol. The Morgan fingerprint density at radius 1 is 1.35 bits per heavy atom. The Labute approximate surface area is 140 Å². The summed E-state index contributed by atoms with van der Waals surface area (Å²) in [7, 11) is 0. The summed E-state index contributed by atoms with van der Waals surface area (Å²) < 4.78 is 0. The molecule has 1 aliphatic rings. The summed E-state index contributed by atoms with van der Waals surface area (Å²) in [5, 5.41) is 4.16. The smallest absolute Gasteiger partial charge is 0.241 e. The Bertz CT molecular complexity index is 617. The van der Waals surface area contributed by atoms with Crippen LogP contribution < -0.4 is 10.9 Å². The lowest BCUT2D eigenvalue weighted by Gasteiger charge is -2.24. The molecule has 1 aliphatic heterocycles. The topological polar surface area (TPSA) is 57.3 Å². The first kappa shape index (κ1) is 16.1. The Morgan fingerprint density at radius 3 is 2.87 bits per heavy atom. The third-order valence-corrected chi connectivity index (χ3v) is 4.80. The van der Waals surface area contributed by atoms with Crippen molar-refractivity contribution >= 4 is 17.2 Å². The highest BCUT2D eigenvalue weighted by Gasteiger charge is 2.32. The molecular weight excluding hydrogens is 308 g/mol. The first-order chi connectivity index (χ1) is 11.3. The lowest BCUT2D eigenvalue weighted by molar-refractivity contribution is -0.133. The predicted octanol–water partition coefficient (Wildman–Crippen LogP) is 2.49. The van der Waals surface area contributed by atoms with E-state index < -0.39 is 0 Å². The highest BCUT2D eigenvalue weighted by molar-refractivity contribution is 7.07. The summed E-state index contributed by atoms with van der Waals surface area (Å²) in [6.07, 6.45) is 5.29. The zero-order chi connectivity index (χ0) is 16.1. The molecule has 1 fully saturated rings. The average Bonchev–Trinajstić information content (AvgIpc) is 3.26. The lowest BCUT2D eigenvalue weighted by Crippen LogP contribution is -2.45. The van der Waals surface area contributed by atoms with Gasteiger partial charge in [-0.25, -0.2) is 10.9 Å². The van der Waals surface area contributed by atoms with Gasteiger partial charge in [0.15, 0.2) is 0 Å². The van der Waals surface area contributed by atoms with E-state index in [1.54, 1.807) is 23.7 Å². The molecule has 0 spiro atoms. The number of carbonyl (C=O) groups is 1. The Hall–Kier alpha value is -1.76. The van der Waals surface area contributed by atoms with E-state index in [1.807, 2.05) is 17.0 Å². The van der Waals surface area contributed by atoms with Gasteiger partial charge in [0.2, 0.25) is 5.91 Å². The number of nitrogens with one attached hydrogen (secondary N) is 2. The van der Waals surface area contributed by atoms with Crippen molar-refractivity contribution in [2.24, 2.45) is 0 Å². The van der Waals surface area contributed by atoms with Crippen LogP contribution in [0.1, 0.15) is 36.9 Å². The van der Waals surface area contributed by atoms with Crippen LogP contribution >= 0.6 is 11.3 Å². The number of pyridine rings is 1. The number of hydrazine groups is 1. The third-order valence-electron chi connectivity index (χ3n) is 4.07. The van der Waals surface area contributed by atoms with Crippen LogP contribution in [0.2, 0.25) is 0 Å². The predicted molar refractivity (Wildman–Crippen MR) is 91.7 cm³/mol. The number of nitrogens with zero attached hydrogens (tertiary/aromatic N) is 2. The SMILES string of the molecule is CCCN(Cc1ccsc1)C(=O)C1CC(c2ccncc2)NN1. The molecule has 2 aromatic rings. The zero-order valence-corrected chi connectivity index (χ0v) is 14.1. The fourth-order valence-corrected chi connectivity index (χ4v) is 3.55. The summed E-state index contributed by atoms with van der Waals surface area (Å²) in [6, 6.07) is 6.03. The van der Waals surface area contributed by atoms with Crippen molar-refractivity contribution in [2.45, 2.75) is 38.4 Å². The molecule has 3 heterocycles. The molecule has 0 aromatic carbocycles. The number of carbonyl (C=O) groups excluding carboxylic acids is 1. The zero-order valence-electron chi connectivity index (χ0n) is 13.2. The molecule has 122 valence electrons. The molecule has 0 saturated carbocycles. The van der Waals surface area contributed by atoms with E-state index >= 15 is 0 Å². The van der Waals surface area contributed by atoms with Gasteiger partial charge in [0.05, 0.1) is 0 Å². The molecule has 0 aliphatic carbocycles. The number of hydrogen-bond acceptors (Lipinski definition) is 5. The number of thiophene rings is 1. The second kappa shape index (κ2) is 7.68. The van der Waals surface area contributed by atoms with Gasteiger partial charge in [0.1, 0.15) is 6.04 Å². The maximum atomic E-state index is 12.9. The second-order valence-electron chi connectivity index (χ2n) is 5.80. The Kier molecular flexibility index (Phi) is 5.38. The fourth-order valence-electron chi connectivity index (χ4n) is 2.89. The first-order valence-corrected chi connectivity index (χ1v) is 8.93. The van der Waals surface area contributed by atoms with E-state index in [0.717, 1.165) is 24.9 Å². The number of aromatic nitrogens is 1. The Morgan fingerprint density at radius 2 is 2.17 bits per heavy atom. The highest BCUT2D eigenvalue weighted by Crippen LogP contribution is 2.23. The van der Waals surface area contributed by atoms with Crippen LogP contribution in [-0.4, -0.2) is 28.4 Å². The summed E-state index contributed by atoms with van der Waals surface area (Å²) in [4.78, 5) is 18.9. The van der Waals surface area contributed by atoms with Crippen LogP contribution in [0.4, 0.5) is 0 Å². The van der Waals surface area contributed by atoms with Crippen molar-refractivity contribution < 1.29 is 4.79 Å². The van der Waals surface area contributed by atoms with Crippen molar-refractivity contribution in [1.82, 2.24) is 20.7 Å². The quantitative estimate of drug-likeness (QED) is 0.854. The van der Waals surface area contributed by atoms with Crippen molar-refractivity contribution in [3.63, 3.8) is 0 Å². The number of amides is 1. The van der Waals surface area contributed by atoms with Gasteiger partial charge in [0, 0.05) is 31.5 Å². The van der Waals surface area contributed by atoms with Crippen LogP contribution in [0.5, 0.6) is 0 Å². The summed E-state index contributed by atoms with van der Waals surface area (Å²) in [5.74, 6) is 0.169. The molecule has 0 bridgehead atoms. The van der Waals surface area contributed by atoms with Gasteiger partial charge in [-0.15, -0.1) is 0 Å². The van der Waals surface area contributed by atoms with E-state index in [9.17, 15) is 4.79 Å². The summed E-state index contributed by atoms with van der Waals surface area (Å²) in [5.41, 5.74) is 8.76. The molecule has 2 atom stereocenters. The molecule has 2 unspecified atom stereocenters. The highest BCUT2D eigenvalue weighted by atomic mass is 32.1. The Balaban J connectivity index is 1.64. The third kappa shape index (κ3) is 3.96. The maximum Gasteiger partial charge on any atom is 0.241 e. The van der Waals surface area contributed by atoms with Crippen LogP contribution in [0, 0.1) is 0 Å². The van der Waals surface area contributed by atoms with Crippen molar-refractivity contribution in [2.75, 3.05) is 6.54 Å². The minimum absolute atomic E-state index is 0.150. The van der Waals surface area contributed by atoms with Crippen LogP contribution in [0.15, 0.2) is 41.4 Å².